The maximum Gasteiger partial charge on any atom is 0.155 e. The zero-order chi connectivity index (χ0) is 8.69. The maximum absolute atomic E-state index is 8.52. The van der Waals surface area contributed by atoms with Crippen LogP contribution < -0.4 is 0 Å². The molecule has 0 saturated carbocycles. The average molecular weight is 154 g/mol. The Morgan fingerprint density at radius 3 is 2.55 bits per heavy atom. The number of aliphatic hydroxyl groups excluding tert-OH is 1. The van der Waals surface area contributed by atoms with Crippen molar-refractivity contribution in [2.75, 3.05) is 0 Å². The van der Waals surface area contributed by atoms with Gasteiger partial charge in [-0.25, -0.2) is 0 Å². The molecule has 0 aliphatic rings. The molecular formula is C9H14O2. The largest absolute Gasteiger partial charge is 0.368 e. The van der Waals surface area contributed by atoms with Gasteiger partial charge in [0, 0.05) is 6.42 Å². The van der Waals surface area contributed by atoms with Crippen LogP contribution in [-0.4, -0.2) is 16.5 Å². The zero-order valence-corrected chi connectivity index (χ0v) is 6.70. The molecule has 11 heavy (non-hydrogen) atoms. The lowest BCUT2D eigenvalue weighted by Crippen LogP contribution is -2.03. The summed E-state index contributed by atoms with van der Waals surface area (Å²) in [5.74, 6) is 0. The van der Waals surface area contributed by atoms with Crippen LogP contribution in [0.15, 0.2) is 36.5 Å². The van der Waals surface area contributed by atoms with Crippen molar-refractivity contribution in [1.82, 2.24) is 0 Å². The fourth-order valence-corrected chi connectivity index (χ4v) is 0.605. The molecule has 2 nitrogen and oxygen atoms in total. The van der Waals surface area contributed by atoms with Gasteiger partial charge in [0.15, 0.2) is 6.29 Å². The summed E-state index contributed by atoms with van der Waals surface area (Å²) in [5.41, 5.74) is 0.707. The number of aliphatic hydroxyl groups is 2. The van der Waals surface area contributed by atoms with Crippen LogP contribution in [0.25, 0.3) is 0 Å². The number of hydrogen-bond donors (Lipinski definition) is 2. The molecule has 62 valence electrons. The van der Waals surface area contributed by atoms with E-state index in [9.17, 15) is 0 Å². The van der Waals surface area contributed by atoms with Gasteiger partial charge in [-0.2, -0.15) is 0 Å². The van der Waals surface area contributed by atoms with Crippen LogP contribution in [0.4, 0.5) is 0 Å². The standard InChI is InChI=1S/C9H14O2/c1-3-4-5-6-8(2)7-9(10)11/h3-6,9-11H,2,7H2,1H3. The quantitative estimate of drug-likeness (QED) is 0.474. The van der Waals surface area contributed by atoms with Crippen LogP contribution in [-0.2, 0) is 0 Å². The first-order valence-corrected chi connectivity index (χ1v) is 3.50. The molecule has 0 heterocycles. The van der Waals surface area contributed by atoms with E-state index < -0.39 is 6.29 Å². The van der Waals surface area contributed by atoms with Gasteiger partial charge in [0.1, 0.15) is 0 Å². The van der Waals surface area contributed by atoms with E-state index in [-0.39, 0.29) is 6.42 Å². The minimum Gasteiger partial charge on any atom is -0.368 e. The Morgan fingerprint density at radius 2 is 2.09 bits per heavy atom. The first kappa shape index (κ1) is 10.1. The van der Waals surface area contributed by atoms with E-state index in [1.165, 1.54) is 0 Å². The summed E-state index contributed by atoms with van der Waals surface area (Å²) in [6.07, 6.45) is 6.21. The normalized spacial score (nSPS) is 12.0. The monoisotopic (exact) mass is 154 g/mol. The van der Waals surface area contributed by atoms with Gasteiger partial charge in [-0.1, -0.05) is 36.5 Å². The fraction of sp³-hybridized carbons (Fsp3) is 0.333. The molecule has 0 aromatic heterocycles. The molecule has 0 aromatic rings. The summed E-state index contributed by atoms with van der Waals surface area (Å²) in [4.78, 5) is 0. The molecule has 0 aromatic carbocycles. The van der Waals surface area contributed by atoms with Crippen LogP contribution in [0.5, 0.6) is 0 Å². The number of hydrogen-bond acceptors (Lipinski definition) is 2. The molecule has 0 spiro atoms. The topological polar surface area (TPSA) is 40.5 Å². The molecule has 2 heteroatoms. The highest BCUT2D eigenvalue weighted by atomic mass is 16.5. The SMILES string of the molecule is C=C(C=CC=CC)CC(O)O. The summed E-state index contributed by atoms with van der Waals surface area (Å²) in [5, 5.41) is 17.0. The minimum atomic E-state index is -1.29. The lowest BCUT2D eigenvalue weighted by molar-refractivity contribution is -0.0374. The van der Waals surface area contributed by atoms with Gasteiger partial charge >= 0.3 is 0 Å². The van der Waals surface area contributed by atoms with E-state index >= 15 is 0 Å². The summed E-state index contributed by atoms with van der Waals surface area (Å²) in [6, 6.07) is 0. The number of rotatable bonds is 4. The molecule has 2 N–H and O–H groups in total. The van der Waals surface area contributed by atoms with Crippen LogP contribution in [0.2, 0.25) is 0 Å². The van der Waals surface area contributed by atoms with Crippen molar-refractivity contribution >= 4 is 0 Å². The van der Waals surface area contributed by atoms with Crippen LogP contribution in [0.1, 0.15) is 13.3 Å². The van der Waals surface area contributed by atoms with E-state index in [0.717, 1.165) is 0 Å². The van der Waals surface area contributed by atoms with E-state index in [2.05, 4.69) is 6.58 Å². The molecule has 0 amide bonds. The van der Waals surface area contributed by atoms with Crippen LogP contribution in [0, 0.1) is 0 Å². The van der Waals surface area contributed by atoms with E-state index in [1.54, 1.807) is 6.08 Å². The Morgan fingerprint density at radius 1 is 1.45 bits per heavy atom. The van der Waals surface area contributed by atoms with Gasteiger partial charge in [0.25, 0.3) is 0 Å². The van der Waals surface area contributed by atoms with Crippen molar-refractivity contribution in [2.45, 2.75) is 19.6 Å². The average Bonchev–Trinajstić information content (AvgIpc) is 1.86. The third kappa shape index (κ3) is 7.03. The Labute approximate surface area is 67.2 Å². The highest BCUT2D eigenvalue weighted by Gasteiger charge is 1.96. The van der Waals surface area contributed by atoms with Crippen molar-refractivity contribution in [3.05, 3.63) is 36.5 Å². The fourth-order valence-electron chi connectivity index (χ4n) is 0.605. The Hall–Kier alpha value is -0.860. The van der Waals surface area contributed by atoms with E-state index in [0.29, 0.717) is 5.57 Å². The lowest BCUT2D eigenvalue weighted by Gasteiger charge is -2.00. The minimum absolute atomic E-state index is 0.202. The van der Waals surface area contributed by atoms with Crippen molar-refractivity contribution in [3.63, 3.8) is 0 Å². The molecule has 0 atom stereocenters. The molecule has 0 fully saturated rings. The van der Waals surface area contributed by atoms with E-state index in [4.69, 9.17) is 10.2 Å². The van der Waals surface area contributed by atoms with Crippen LogP contribution in [0.3, 0.4) is 0 Å². The second-order valence-corrected chi connectivity index (χ2v) is 2.23. The third-order valence-corrected chi connectivity index (χ3v) is 1.08. The first-order chi connectivity index (χ1) is 5.16. The van der Waals surface area contributed by atoms with Gasteiger partial charge in [0.2, 0.25) is 0 Å². The lowest BCUT2D eigenvalue weighted by atomic mass is 10.2. The molecule has 0 aliphatic carbocycles. The van der Waals surface area contributed by atoms with Crippen molar-refractivity contribution in [3.8, 4) is 0 Å². The highest BCUT2D eigenvalue weighted by Crippen LogP contribution is 2.02. The smallest absolute Gasteiger partial charge is 0.155 e. The first-order valence-electron chi connectivity index (χ1n) is 3.50. The second-order valence-electron chi connectivity index (χ2n) is 2.23. The second kappa shape index (κ2) is 5.89. The van der Waals surface area contributed by atoms with Gasteiger partial charge in [0.05, 0.1) is 0 Å². The molecular weight excluding hydrogens is 140 g/mol. The van der Waals surface area contributed by atoms with Crippen molar-refractivity contribution < 1.29 is 10.2 Å². The molecule has 0 saturated heterocycles. The Kier molecular flexibility index (Phi) is 5.43. The van der Waals surface area contributed by atoms with Gasteiger partial charge in [-0.05, 0) is 6.92 Å². The van der Waals surface area contributed by atoms with Gasteiger partial charge in [-0.15, -0.1) is 0 Å². The highest BCUT2D eigenvalue weighted by molar-refractivity contribution is 5.18. The summed E-state index contributed by atoms with van der Waals surface area (Å²) >= 11 is 0. The Bertz CT molecular complexity index is 166. The van der Waals surface area contributed by atoms with E-state index in [1.807, 2.05) is 25.2 Å². The molecule has 0 rings (SSSR count). The zero-order valence-electron chi connectivity index (χ0n) is 6.70. The summed E-state index contributed by atoms with van der Waals surface area (Å²) in [7, 11) is 0. The maximum atomic E-state index is 8.52. The number of allylic oxidation sites excluding steroid dienone is 4. The summed E-state index contributed by atoms with van der Waals surface area (Å²) in [6.45, 7) is 5.54. The molecule has 0 radical (unpaired) electrons. The molecule has 0 aliphatic heterocycles. The third-order valence-electron chi connectivity index (χ3n) is 1.08. The van der Waals surface area contributed by atoms with Crippen molar-refractivity contribution in [2.24, 2.45) is 0 Å². The Balaban J connectivity index is 3.69. The molecule has 0 bridgehead atoms. The van der Waals surface area contributed by atoms with Crippen LogP contribution >= 0.6 is 0 Å². The van der Waals surface area contributed by atoms with Gasteiger partial charge < -0.3 is 10.2 Å². The predicted molar refractivity (Wildman–Crippen MR) is 45.9 cm³/mol. The van der Waals surface area contributed by atoms with Gasteiger partial charge in [-0.3, -0.25) is 0 Å². The predicted octanol–water partition coefficient (Wildman–Crippen LogP) is 1.38. The van der Waals surface area contributed by atoms with Crippen molar-refractivity contribution in [1.29, 1.82) is 0 Å². The summed E-state index contributed by atoms with van der Waals surface area (Å²) < 4.78 is 0. The molecule has 0 unspecified atom stereocenters.